The second-order valence-electron chi connectivity index (χ2n) is 7.35. The second-order valence-corrected chi connectivity index (χ2v) is 9.25. The van der Waals surface area contributed by atoms with Gasteiger partial charge in [-0.15, -0.1) is 0 Å². The van der Waals surface area contributed by atoms with Crippen LogP contribution in [0.2, 0.25) is 0 Å². The van der Waals surface area contributed by atoms with Crippen LogP contribution >= 0.6 is 0 Å². The van der Waals surface area contributed by atoms with E-state index in [4.69, 9.17) is 10.5 Å². The van der Waals surface area contributed by atoms with Crippen molar-refractivity contribution in [2.75, 3.05) is 25.0 Å². The number of rotatable bonds is 5. The Morgan fingerprint density at radius 3 is 2.56 bits per heavy atom. The molecule has 0 unspecified atom stereocenters. The van der Waals surface area contributed by atoms with E-state index in [1.165, 1.54) is 0 Å². The van der Waals surface area contributed by atoms with Crippen molar-refractivity contribution < 1.29 is 17.9 Å². The van der Waals surface area contributed by atoms with Crippen molar-refractivity contribution in [3.8, 4) is 0 Å². The fraction of sp³-hybridized carbons (Fsp3) is 0.632. The monoisotopic (exact) mass is 395 g/mol. The molecule has 2 heterocycles. The van der Waals surface area contributed by atoms with Crippen LogP contribution in [0.3, 0.4) is 0 Å². The molecular formula is C19H29N3O4S. The Labute approximate surface area is 161 Å². The maximum atomic E-state index is 13.1. The number of amides is 1. The van der Waals surface area contributed by atoms with E-state index in [-0.39, 0.29) is 16.9 Å². The number of carbonyl (C=O) groups excluding carboxylic acids is 1. The molecule has 0 bridgehead atoms. The summed E-state index contributed by atoms with van der Waals surface area (Å²) in [5, 5.41) is 2.80. The lowest BCUT2D eigenvalue weighted by molar-refractivity contribution is -0.126. The number of benzene rings is 1. The molecule has 2 atom stereocenters. The molecule has 2 fully saturated rings. The van der Waals surface area contributed by atoms with E-state index in [2.05, 4.69) is 5.32 Å². The first-order valence-electron chi connectivity index (χ1n) is 9.69. The molecule has 2 aliphatic heterocycles. The van der Waals surface area contributed by atoms with Crippen LogP contribution in [0.15, 0.2) is 23.1 Å². The Hall–Kier alpha value is -1.48. The normalized spacial score (nSPS) is 24.5. The van der Waals surface area contributed by atoms with Gasteiger partial charge in [-0.25, -0.2) is 8.42 Å². The number of nitrogens with zero attached hydrogens (tertiary/aromatic N) is 1. The number of nitrogens with two attached hydrogens (primary N) is 1. The summed E-state index contributed by atoms with van der Waals surface area (Å²) in [6, 6.07) is 5.02. The van der Waals surface area contributed by atoms with Gasteiger partial charge in [0.2, 0.25) is 10.0 Å². The van der Waals surface area contributed by atoms with Gasteiger partial charge in [-0.1, -0.05) is 18.9 Å². The van der Waals surface area contributed by atoms with Crippen molar-refractivity contribution in [1.29, 1.82) is 0 Å². The van der Waals surface area contributed by atoms with E-state index in [1.54, 1.807) is 29.4 Å². The van der Waals surface area contributed by atoms with E-state index in [0.717, 1.165) is 32.1 Å². The molecule has 8 heteroatoms. The van der Waals surface area contributed by atoms with Crippen LogP contribution in [0, 0.1) is 6.92 Å². The molecule has 1 aromatic carbocycles. The van der Waals surface area contributed by atoms with Crippen molar-refractivity contribution in [1.82, 2.24) is 4.31 Å². The predicted molar refractivity (Wildman–Crippen MR) is 104 cm³/mol. The summed E-state index contributed by atoms with van der Waals surface area (Å²) in [5.74, 6) is -0.257. The first-order chi connectivity index (χ1) is 12.9. The van der Waals surface area contributed by atoms with Crippen LogP contribution < -0.4 is 11.1 Å². The molecule has 3 rings (SSSR count). The summed E-state index contributed by atoms with van der Waals surface area (Å²) in [7, 11) is -3.57. The van der Waals surface area contributed by atoms with Crippen LogP contribution in [0.4, 0.5) is 5.69 Å². The van der Waals surface area contributed by atoms with E-state index < -0.39 is 16.1 Å². The third-order valence-electron chi connectivity index (χ3n) is 5.30. The van der Waals surface area contributed by atoms with Gasteiger partial charge in [-0.3, -0.25) is 4.79 Å². The summed E-state index contributed by atoms with van der Waals surface area (Å²) in [5.41, 5.74) is 6.74. The number of nitrogens with one attached hydrogen (secondary N) is 1. The molecular weight excluding hydrogens is 366 g/mol. The van der Waals surface area contributed by atoms with Crippen molar-refractivity contribution in [2.45, 2.75) is 62.6 Å². The summed E-state index contributed by atoms with van der Waals surface area (Å²) >= 11 is 0. The minimum absolute atomic E-state index is 0.0854. The van der Waals surface area contributed by atoms with Gasteiger partial charge in [0.1, 0.15) is 6.10 Å². The Balaban J connectivity index is 1.76. The van der Waals surface area contributed by atoms with Gasteiger partial charge >= 0.3 is 0 Å². The SMILES string of the molecule is Cc1ccc(NC(=O)[C@@H]2CC[C@H](CN)O2)cc1S(=O)(=O)N1CCCCCC1. The highest BCUT2D eigenvalue weighted by atomic mass is 32.2. The maximum absolute atomic E-state index is 13.1. The molecule has 0 aromatic heterocycles. The Morgan fingerprint density at radius 1 is 1.22 bits per heavy atom. The molecule has 0 spiro atoms. The molecule has 3 N–H and O–H groups in total. The Kier molecular flexibility index (Phi) is 6.52. The van der Waals surface area contributed by atoms with Gasteiger partial charge < -0.3 is 15.8 Å². The van der Waals surface area contributed by atoms with E-state index in [0.29, 0.717) is 37.3 Å². The molecule has 7 nitrogen and oxygen atoms in total. The van der Waals surface area contributed by atoms with Crippen LogP contribution in [-0.2, 0) is 19.6 Å². The van der Waals surface area contributed by atoms with Crippen molar-refractivity contribution in [3.05, 3.63) is 23.8 Å². The zero-order chi connectivity index (χ0) is 19.4. The third kappa shape index (κ3) is 4.68. The third-order valence-corrected chi connectivity index (χ3v) is 7.34. The lowest BCUT2D eigenvalue weighted by atomic mass is 10.2. The largest absolute Gasteiger partial charge is 0.364 e. The molecule has 0 radical (unpaired) electrons. The highest BCUT2D eigenvalue weighted by Crippen LogP contribution is 2.27. The topological polar surface area (TPSA) is 102 Å². The van der Waals surface area contributed by atoms with Crippen LogP contribution in [0.1, 0.15) is 44.1 Å². The van der Waals surface area contributed by atoms with Gasteiger partial charge in [0.25, 0.3) is 5.91 Å². The summed E-state index contributed by atoms with van der Waals surface area (Å²) in [4.78, 5) is 12.7. The minimum Gasteiger partial charge on any atom is -0.364 e. The van der Waals surface area contributed by atoms with Crippen LogP contribution in [0.25, 0.3) is 0 Å². The standard InChI is InChI=1S/C19H29N3O4S/c1-14-6-7-15(21-19(23)17-9-8-16(13-20)26-17)12-18(14)27(24,25)22-10-4-2-3-5-11-22/h6-7,12,16-17H,2-5,8-11,13,20H2,1H3,(H,21,23)/t16-,17+/m1/s1. The van der Waals surface area contributed by atoms with Crippen LogP contribution in [-0.4, -0.2) is 50.5 Å². The number of carbonyl (C=O) groups is 1. The van der Waals surface area contributed by atoms with Crippen molar-refractivity contribution in [3.63, 3.8) is 0 Å². The molecule has 150 valence electrons. The predicted octanol–water partition coefficient (Wildman–Crippen LogP) is 2.00. The lowest BCUT2D eigenvalue weighted by Crippen LogP contribution is -2.32. The quantitative estimate of drug-likeness (QED) is 0.794. The Morgan fingerprint density at radius 2 is 1.93 bits per heavy atom. The molecule has 27 heavy (non-hydrogen) atoms. The van der Waals surface area contributed by atoms with Gasteiger partial charge in [0.15, 0.2) is 0 Å². The highest BCUT2D eigenvalue weighted by molar-refractivity contribution is 7.89. The highest BCUT2D eigenvalue weighted by Gasteiger charge is 2.31. The fourth-order valence-corrected chi connectivity index (χ4v) is 5.44. The average molecular weight is 396 g/mol. The molecule has 1 aromatic rings. The second kappa shape index (κ2) is 8.68. The zero-order valence-electron chi connectivity index (χ0n) is 15.8. The van der Waals surface area contributed by atoms with Crippen molar-refractivity contribution in [2.24, 2.45) is 5.73 Å². The number of hydrogen-bond acceptors (Lipinski definition) is 5. The number of ether oxygens (including phenoxy) is 1. The molecule has 1 amide bonds. The van der Waals surface area contributed by atoms with E-state index in [1.807, 2.05) is 0 Å². The van der Waals surface area contributed by atoms with Gasteiger partial charge in [-0.2, -0.15) is 4.31 Å². The van der Waals surface area contributed by atoms with Gasteiger partial charge in [0.05, 0.1) is 11.0 Å². The van der Waals surface area contributed by atoms with Crippen molar-refractivity contribution >= 4 is 21.6 Å². The molecule has 0 saturated carbocycles. The number of hydrogen-bond donors (Lipinski definition) is 2. The smallest absolute Gasteiger partial charge is 0.253 e. The first-order valence-corrected chi connectivity index (χ1v) is 11.1. The summed E-state index contributed by atoms with van der Waals surface area (Å²) in [6.07, 6.45) is 4.66. The minimum atomic E-state index is -3.57. The first kappa shape index (κ1) is 20.3. The lowest BCUT2D eigenvalue weighted by Gasteiger charge is -2.22. The summed E-state index contributed by atoms with van der Waals surface area (Å²) < 4.78 is 33.4. The number of aryl methyl sites for hydroxylation is 1. The zero-order valence-corrected chi connectivity index (χ0v) is 16.6. The van der Waals surface area contributed by atoms with Gasteiger partial charge in [-0.05, 0) is 50.3 Å². The number of sulfonamides is 1. The Bertz CT molecular complexity index is 773. The van der Waals surface area contributed by atoms with E-state index in [9.17, 15) is 13.2 Å². The molecule has 0 aliphatic carbocycles. The fourth-order valence-electron chi connectivity index (χ4n) is 3.67. The van der Waals surface area contributed by atoms with E-state index >= 15 is 0 Å². The maximum Gasteiger partial charge on any atom is 0.253 e. The van der Waals surface area contributed by atoms with Gasteiger partial charge in [0, 0.05) is 25.3 Å². The average Bonchev–Trinajstić information content (AvgIpc) is 2.96. The molecule has 2 saturated heterocycles. The summed E-state index contributed by atoms with van der Waals surface area (Å²) in [6.45, 7) is 3.28. The van der Waals surface area contributed by atoms with Crippen LogP contribution in [0.5, 0.6) is 0 Å². The number of anilines is 1. The molecule has 2 aliphatic rings.